The molecule has 0 radical (unpaired) electrons. The van der Waals surface area contributed by atoms with Gasteiger partial charge in [-0.3, -0.25) is 9.89 Å². The second-order valence-electron chi connectivity index (χ2n) is 7.05. The summed E-state index contributed by atoms with van der Waals surface area (Å²) < 4.78 is 1.76. The van der Waals surface area contributed by atoms with Gasteiger partial charge in [-0.2, -0.15) is 5.10 Å². The number of hydrogen-bond acceptors (Lipinski definition) is 5. The van der Waals surface area contributed by atoms with Crippen molar-refractivity contribution in [2.24, 2.45) is 4.99 Å². The highest BCUT2D eigenvalue weighted by molar-refractivity contribution is 14.0. The van der Waals surface area contributed by atoms with E-state index in [0.717, 1.165) is 23.9 Å². The van der Waals surface area contributed by atoms with E-state index in [0.29, 0.717) is 12.6 Å². The molecule has 0 saturated carbocycles. The van der Waals surface area contributed by atoms with Crippen molar-refractivity contribution in [3.05, 3.63) is 64.7 Å². The predicted molar refractivity (Wildman–Crippen MR) is 133 cm³/mol. The Bertz CT molecular complexity index is 905. The lowest BCUT2D eigenvalue weighted by molar-refractivity contribution is 0.249. The van der Waals surface area contributed by atoms with Gasteiger partial charge in [0.2, 0.25) is 0 Å². The van der Waals surface area contributed by atoms with E-state index in [1.54, 1.807) is 10.9 Å². The maximum atomic E-state index is 4.40. The first-order chi connectivity index (χ1) is 14.3. The highest BCUT2D eigenvalue weighted by Gasteiger charge is 2.24. The number of likely N-dealkylation sites (tertiary alicyclic amines) is 1. The van der Waals surface area contributed by atoms with Gasteiger partial charge in [0.25, 0.3) is 0 Å². The van der Waals surface area contributed by atoms with Gasteiger partial charge in [0.05, 0.1) is 6.04 Å². The van der Waals surface area contributed by atoms with Gasteiger partial charge < -0.3 is 10.6 Å². The highest BCUT2D eigenvalue weighted by atomic mass is 127. The average molecular weight is 537 g/mol. The monoisotopic (exact) mass is 537 g/mol. The number of nitrogens with zero attached hydrogens (tertiary/aromatic N) is 5. The van der Waals surface area contributed by atoms with Crippen molar-refractivity contribution in [3.8, 4) is 5.82 Å². The topological polar surface area (TPSA) is 70.4 Å². The summed E-state index contributed by atoms with van der Waals surface area (Å²) in [6.07, 6.45) is 8.03. The number of aromatic nitrogens is 3. The molecule has 1 aliphatic heterocycles. The molecule has 7 nitrogen and oxygen atoms in total. The van der Waals surface area contributed by atoms with Crippen LogP contribution in [0.15, 0.2) is 59.3 Å². The van der Waals surface area contributed by atoms with Crippen LogP contribution in [-0.4, -0.2) is 52.3 Å². The number of pyridine rings is 1. The number of rotatable bonds is 7. The molecule has 1 unspecified atom stereocenters. The van der Waals surface area contributed by atoms with E-state index >= 15 is 0 Å². The van der Waals surface area contributed by atoms with Crippen LogP contribution in [0.2, 0.25) is 0 Å². The van der Waals surface area contributed by atoms with Crippen molar-refractivity contribution >= 4 is 41.3 Å². The summed E-state index contributed by atoms with van der Waals surface area (Å²) in [5.74, 6) is 1.62. The Morgan fingerprint density at radius 1 is 1.20 bits per heavy atom. The maximum absolute atomic E-state index is 4.40. The van der Waals surface area contributed by atoms with Crippen molar-refractivity contribution in [1.82, 2.24) is 30.3 Å². The average Bonchev–Trinajstić information content (AvgIpc) is 3.54. The Morgan fingerprint density at radius 3 is 2.77 bits per heavy atom. The van der Waals surface area contributed by atoms with E-state index < -0.39 is 0 Å². The molecule has 3 aromatic heterocycles. The number of thiophene rings is 1. The van der Waals surface area contributed by atoms with Crippen molar-refractivity contribution in [2.45, 2.75) is 25.4 Å². The fourth-order valence-electron chi connectivity index (χ4n) is 3.64. The number of halogens is 1. The summed E-state index contributed by atoms with van der Waals surface area (Å²) in [7, 11) is 1.81. The summed E-state index contributed by atoms with van der Waals surface area (Å²) in [5, 5.41) is 13.3. The van der Waals surface area contributed by atoms with Crippen LogP contribution in [0.1, 0.15) is 29.3 Å². The Labute approximate surface area is 198 Å². The minimum Gasteiger partial charge on any atom is -0.354 e. The Balaban J connectivity index is 0.00000256. The molecule has 9 heteroatoms. The molecule has 4 rings (SSSR count). The number of nitrogens with one attached hydrogen (secondary N) is 2. The third-order valence-electron chi connectivity index (χ3n) is 5.15. The van der Waals surface area contributed by atoms with Gasteiger partial charge in [-0.1, -0.05) is 6.07 Å². The van der Waals surface area contributed by atoms with E-state index in [9.17, 15) is 0 Å². The number of guanidine groups is 1. The van der Waals surface area contributed by atoms with Gasteiger partial charge in [0, 0.05) is 43.6 Å². The fraction of sp³-hybridized carbons (Fsp3) is 0.381. The standard InChI is InChI=1S/C21H27N7S.HI/c1-22-21(24-15-17-7-9-23-20(14-17)28-12-5-8-26-28)25-16-18(19-6-4-13-29-19)27-10-2-3-11-27;/h4-9,12-14,18H,2-3,10-11,15-16H2,1H3,(H2,22,24,25);1H. The van der Waals surface area contributed by atoms with Crippen LogP contribution in [0, 0.1) is 0 Å². The van der Waals surface area contributed by atoms with E-state index in [1.165, 1.54) is 30.8 Å². The van der Waals surface area contributed by atoms with Gasteiger partial charge in [-0.05, 0) is 61.1 Å². The Morgan fingerprint density at radius 2 is 2.07 bits per heavy atom. The molecule has 0 aromatic carbocycles. The zero-order valence-corrected chi connectivity index (χ0v) is 20.2. The van der Waals surface area contributed by atoms with E-state index in [1.807, 2.05) is 49.0 Å². The molecule has 30 heavy (non-hydrogen) atoms. The van der Waals surface area contributed by atoms with Crippen LogP contribution in [0.25, 0.3) is 5.82 Å². The molecular weight excluding hydrogens is 509 g/mol. The molecule has 0 aliphatic carbocycles. The van der Waals surface area contributed by atoms with Crippen LogP contribution in [-0.2, 0) is 6.54 Å². The second-order valence-corrected chi connectivity index (χ2v) is 8.03. The molecule has 0 spiro atoms. The van der Waals surface area contributed by atoms with Gasteiger partial charge in [-0.15, -0.1) is 35.3 Å². The summed E-state index contributed by atoms with van der Waals surface area (Å²) in [6, 6.07) is 10.7. The van der Waals surface area contributed by atoms with Gasteiger partial charge in [0.15, 0.2) is 11.8 Å². The molecule has 1 fully saturated rings. The van der Waals surface area contributed by atoms with E-state index in [-0.39, 0.29) is 24.0 Å². The second kappa shape index (κ2) is 11.4. The molecule has 0 amide bonds. The van der Waals surface area contributed by atoms with Crippen molar-refractivity contribution < 1.29 is 0 Å². The molecule has 2 N–H and O–H groups in total. The summed E-state index contributed by atoms with van der Waals surface area (Å²) in [6.45, 7) is 3.85. The maximum Gasteiger partial charge on any atom is 0.191 e. The van der Waals surface area contributed by atoms with Crippen LogP contribution in [0.5, 0.6) is 0 Å². The Kier molecular flexibility index (Phi) is 8.64. The highest BCUT2D eigenvalue weighted by Crippen LogP contribution is 2.27. The van der Waals surface area contributed by atoms with Gasteiger partial charge >= 0.3 is 0 Å². The van der Waals surface area contributed by atoms with Crippen LogP contribution in [0.3, 0.4) is 0 Å². The quantitative estimate of drug-likeness (QED) is 0.275. The third kappa shape index (κ3) is 5.79. The molecule has 1 saturated heterocycles. The number of aliphatic imine (C=N–C) groups is 1. The smallest absolute Gasteiger partial charge is 0.191 e. The summed E-state index contributed by atoms with van der Waals surface area (Å²) in [5.41, 5.74) is 1.13. The van der Waals surface area contributed by atoms with Crippen molar-refractivity contribution in [1.29, 1.82) is 0 Å². The lowest BCUT2D eigenvalue weighted by atomic mass is 10.2. The first kappa shape index (κ1) is 22.7. The Hall–Kier alpha value is -1.98. The summed E-state index contributed by atoms with van der Waals surface area (Å²) in [4.78, 5) is 12.8. The normalized spacial score (nSPS) is 15.6. The molecule has 4 heterocycles. The fourth-order valence-corrected chi connectivity index (χ4v) is 4.50. The van der Waals surface area contributed by atoms with Crippen molar-refractivity contribution in [2.75, 3.05) is 26.7 Å². The molecular formula is C21H28IN7S. The zero-order chi connectivity index (χ0) is 19.9. The zero-order valence-electron chi connectivity index (χ0n) is 17.1. The van der Waals surface area contributed by atoms with E-state index in [4.69, 9.17) is 0 Å². The minimum atomic E-state index is 0. The molecule has 3 aromatic rings. The number of hydrogen-bond donors (Lipinski definition) is 2. The summed E-state index contributed by atoms with van der Waals surface area (Å²) >= 11 is 1.83. The molecule has 1 atom stereocenters. The van der Waals surface area contributed by atoms with Crippen LogP contribution >= 0.6 is 35.3 Å². The third-order valence-corrected chi connectivity index (χ3v) is 6.12. The SMILES string of the molecule is CN=C(NCc1ccnc(-n2cccn2)c1)NCC(c1cccs1)N1CCCC1.I. The van der Waals surface area contributed by atoms with Gasteiger partial charge in [-0.25, -0.2) is 9.67 Å². The largest absolute Gasteiger partial charge is 0.354 e. The molecule has 160 valence electrons. The van der Waals surface area contributed by atoms with Crippen molar-refractivity contribution in [3.63, 3.8) is 0 Å². The minimum absolute atomic E-state index is 0. The van der Waals surface area contributed by atoms with E-state index in [2.05, 4.69) is 48.1 Å². The first-order valence-electron chi connectivity index (χ1n) is 10.0. The first-order valence-corrected chi connectivity index (χ1v) is 10.9. The predicted octanol–water partition coefficient (Wildman–Crippen LogP) is 3.45. The lowest BCUT2D eigenvalue weighted by Crippen LogP contribution is -2.42. The van der Waals surface area contributed by atoms with Gasteiger partial charge in [0.1, 0.15) is 0 Å². The molecule has 1 aliphatic rings. The van der Waals surface area contributed by atoms with Crippen LogP contribution < -0.4 is 10.6 Å². The van der Waals surface area contributed by atoms with Crippen LogP contribution in [0.4, 0.5) is 0 Å². The lowest BCUT2D eigenvalue weighted by Gasteiger charge is -2.27. The molecule has 0 bridgehead atoms.